The number of carbonyl (C=O) groups excluding carboxylic acids is 1. The van der Waals surface area contributed by atoms with Crippen molar-refractivity contribution in [2.24, 2.45) is 0 Å². The van der Waals surface area contributed by atoms with Gasteiger partial charge < -0.3 is 23.8 Å². The van der Waals surface area contributed by atoms with E-state index in [0.29, 0.717) is 26.1 Å². The van der Waals surface area contributed by atoms with Crippen LogP contribution in [0, 0.1) is 0 Å². The van der Waals surface area contributed by atoms with E-state index in [1.807, 2.05) is 66.7 Å². The summed E-state index contributed by atoms with van der Waals surface area (Å²) in [4.78, 5) is 13.3. The minimum absolute atomic E-state index is 0.0437. The molecule has 2 aromatic heterocycles. The number of amides is 1. The van der Waals surface area contributed by atoms with E-state index in [-0.39, 0.29) is 11.8 Å². The minimum Gasteiger partial charge on any atom is -0.497 e. The van der Waals surface area contributed by atoms with E-state index in [2.05, 4.69) is 64.6 Å². The van der Waals surface area contributed by atoms with Gasteiger partial charge in [0.25, 0.3) is 0 Å². The molecule has 6 aromatic rings. The standard InChI is InChI=1S/C37H34N2O4/c1-41-30-17-13-27(14-18-30)24-39-25-35(33-11-5-6-12-36(33)39)34(22-37(40)38-23-32-10-7-21-42-32)29-15-19-31(20-16-29)43-26-28-8-3-2-4-9-28/h2-21,25,34H,22-24,26H2,1H3,(H,38,40)/t34-/m1/s1. The van der Waals surface area contributed by atoms with Crippen molar-refractivity contribution < 1.29 is 18.7 Å². The van der Waals surface area contributed by atoms with Crippen molar-refractivity contribution in [3.8, 4) is 11.5 Å². The highest BCUT2D eigenvalue weighted by Gasteiger charge is 2.23. The number of nitrogens with zero attached hydrogens (tertiary/aromatic N) is 1. The van der Waals surface area contributed by atoms with Crippen LogP contribution in [0.1, 0.15) is 40.4 Å². The fourth-order valence-electron chi connectivity index (χ4n) is 5.41. The summed E-state index contributed by atoms with van der Waals surface area (Å²) in [5.41, 5.74) is 5.56. The van der Waals surface area contributed by atoms with E-state index in [1.54, 1.807) is 13.4 Å². The molecule has 216 valence electrons. The van der Waals surface area contributed by atoms with Gasteiger partial charge in [0.05, 0.1) is 19.9 Å². The van der Waals surface area contributed by atoms with Crippen LogP contribution in [0.5, 0.6) is 11.5 Å². The van der Waals surface area contributed by atoms with Crippen LogP contribution < -0.4 is 14.8 Å². The highest BCUT2D eigenvalue weighted by Crippen LogP contribution is 2.36. The Hall–Kier alpha value is -5.23. The second-order valence-corrected chi connectivity index (χ2v) is 10.5. The van der Waals surface area contributed by atoms with Crippen LogP contribution >= 0.6 is 0 Å². The SMILES string of the molecule is COc1ccc(Cn2cc([C@H](CC(=O)NCc3ccco3)c3ccc(OCc4ccccc4)cc3)c3ccccc32)cc1. The molecule has 4 aromatic carbocycles. The Balaban J connectivity index is 1.30. The second-order valence-electron chi connectivity index (χ2n) is 10.5. The molecule has 0 aliphatic heterocycles. The highest BCUT2D eigenvalue weighted by atomic mass is 16.5. The third-order valence-corrected chi connectivity index (χ3v) is 7.67. The molecule has 0 saturated carbocycles. The van der Waals surface area contributed by atoms with Crippen LogP contribution in [0.3, 0.4) is 0 Å². The minimum atomic E-state index is -0.165. The largest absolute Gasteiger partial charge is 0.497 e. The summed E-state index contributed by atoms with van der Waals surface area (Å²) in [6.45, 7) is 1.55. The molecule has 0 spiro atoms. The molecule has 6 rings (SSSR count). The first kappa shape index (κ1) is 27.9. The molecule has 6 nitrogen and oxygen atoms in total. The van der Waals surface area contributed by atoms with Gasteiger partial charge in [0.15, 0.2) is 0 Å². The van der Waals surface area contributed by atoms with Gasteiger partial charge in [-0.1, -0.05) is 72.8 Å². The van der Waals surface area contributed by atoms with Gasteiger partial charge in [-0.15, -0.1) is 0 Å². The van der Waals surface area contributed by atoms with Gasteiger partial charge in [0, 0.05) is 36.0 Å². The van der Waals surface area contributed by atoms with E-state index < -0.39 is 0 Å². The lowest BCUT2D eigenvalue weighted by molar-refractivity contribution is -0.121. The molecule has 2 heterocycles. The van der Waals surface area contributed by atoms with Gasteiger partial charge in [-0.2, -0.15) is 0 Å². The fraction of sp³-hybridized carbons (Fsp3) is 0.162. The van der Waals surface area contributed by atoms with E-state index in [1.165, 1.54) is 5.56 Å². The molecular formula is C37H34N2O4. The Morgan fingerprint density at radius 1 is 0.814 bits per heavy atom. The molecule has 0 bridgehead atoms. The van der Waals surface area contributed by atoms with Crippen LogP contribution in [0.2, 0.25) is 0 Å². The van der Waals surface area contributed by atoms with Crippen LogP contribution in [0.15, 0.2) is 132 Å². The van der Waals surface area contributed by atoms with Gasteiger partial charge >= 0.3 is 0 Å². The molecule has 1 N–H and O–H groups in total. The zero-order valence-corrected chi connectivity index (χ0v) is 24.1. The van der Waals surface area contributed by atoms with Crippen molar-refractivity contribution in [3.05, 3.63) is 156 Å². The molecule has 0 unspecified atom stereocenters. The Bertz CT molecular complexity index is 1760. The van der Waals surface area contributed by atoms with Crippen LogP contribution in [0.4, 0.5) is 0 Å². The number of fused-ring (bicyclic) bond motifs is 1. The summed E-state index contributed by atoms with van der Waals surface area (Å²) in [6, 6.07) is 38.4. The summed E-state index contributed by atoms with van der Waals surface area (Å²) in [6.07, 6.45) is 4.10. The number of benzene rings is 4. The molecule has 0 saturated heterocycles. The predicted molar refractivity (Wildman–Crippen MR) is 168 cm³/mol. The van der Waals surface area contributed by atoms with Crippen molar-refractivity contribution >= 4 is 16.8 Å². The summed E-state index contributed by atoms with van der Waals surface area (Å²) < 4.78 is 19.1. The van der Waals surface area contributed by atoms with E-state index in [9.17, 15) is 4.79 Å². The maximum absolute atomic E-state index is 13.3. The Morgan fingerprint density at radius 2 is 1.56 bits per heavy atom. The van der Waals surface area contributed by atoms with Gasteiger partial charge in [-0.3, -0.25) is 4.79 Å². The number of ether oxygens (including phenoxy) is 2. The molecule has 0 fully saturated rings. The van der Waals surface area contributed by atoms with Gasteiger partial charge in [0.1, 0.15) is 23.9 Å². The Morgan fingerprint density at radius 3 is 2.30 bits per heavy atom. The Labute approximate surface area is 251 Å². The number of rotatable bonds is 12. The van der Waals surface area contributed by atoms with Gasteiger partial charge in [-0.05, 0) is 64.7 Å². The van der Waals surface area contributed by atoms with Crippen LogP contribution in [0.25, 0.3) is 10.9 Å². The normalized spacial score (nSPS) is 11.7. The highest BCUT2D eigenvalue weighted by molar-refractivity contribution is 5.87. The van der Waals surface area contributed by atoms with Gasteiger partial charge in [-0.25, -0.2) is 0 Å². The molecule has 1 atom stereocenters. The zero-order chi connectivity index (χ0) is 29.4. The number of furan rings is 1. The second kappa shape index (κ2) is 13.2. The van der Waals surface area contributed by atoms with E-state index in [0.717, 1.165) is 44.9 Å². The number of methoxy groups -OCH3 is 1. The quantitative estimate of drug-likeness (QED) is 0.164. The average molecular weight is 571 g/mol. The monoisotopic (exact) mass is 570 g/mol. The zero-order valence-electron chi connectivity index (χ0n) is 24.1. The van der Waals surface area contributed by atoms with Crippen molar-refractivity contribution in [3.63, 3.8) is 0 Å². The first-order chi connectivity index (χ1) is 21.2. The molecule has 1 amide bonds. The first-order valence-electron chi connectivity index (χ1n) is 14.4. The van der Waals surface area contributed by atoms with Crippen molar-refractivity contribution in [2.45, 2.75) is 32.0 Å². The number of nitrogens with one attached hydrogen (secondary N) is 1. The lowest BCUT2D eigenvalue weighted by atomic mass is 9.88. The van der Waals surface area contributed by atoms with Gasteiger partial charge in [0.2, 0.25) is 5.91 Å². The predicted octanol–water partition coefficient (Wildman–Crippen LogP) is 7.71. The molecule has 6 heteroatoms. The van der Waals surface area contributed by atoms with Crippen molar-refractivity contribution in [2.75, 3.05) is 7.11 Å². The molecule has 0 aliphatic rings. The van der Waals surface area contributed by atoms with Crippen molar-refractivity contribution in [1.29, 1.82) is 0 Å². The molecule has 0 aliphatic carbocycles. The summed E-state index contributed by atoms with van der Waals surface area (Å²) in [7, 11) is 1.67. The smallest absolute Gasteiger partial charge is 0.221 e. The van der Waals surface area contributed by atoms with E-state index in [4.69, 9.17) is 13.9 Å². The lowest BCUT2D eigenvalue weighted by Gasteiger charge is -2.18. The number of hydrogen-bond acceptors (Lipinski definition) is 4. The van der Waals surface area contributed by atoms with Crippen LogP contribution in [-0.2, 0) is 24.5 Å². The maximum Gasteiger partial charge on any atom is 0.221 e. The number of carbonyl (C=O) groups is 1. The third kappa shape index (κ3) is 6.81. The number of para-hydroxylation sites is 1. The third-order valence-electron chi connectivity index (χ3n) is 7.67. The maximum atomic E-state index is 13.3. The summed E-state index contributed by atoms with van der Waals surface area (Å²) in [5, 5.41) is 4.16. The number of aromatic nitrogens is 1. The summed E-state index contributed by atoms with van der Waals surface area (Å²) in [5.74, 6) is 2.13. The average Bonchev–Trinajstić information content (AvgIpc) is 3.71. The first-order valence-corrected chi connectivity index (χ1v) is 14.4. The molecule has 0 radical (unpaired) electrons. The number of hydrogen-bond donors (Lipinski definition) is 1. The topological polar surface area (TPSA) is 65.6 Å². The fourth-order valence-corrected chi connectivity index (χ4v) is 5.41. The summed E-state index contributed by atoms with van der Waals surface area (Å²) >= 11 is 0. The van der Waals surface area contributed by atoms with Crippen LogP contribution in [-0.4, -0.2) is 17.6 Å². The molecule has 43 heavy (non-hydrogen) atoms. The van der Waals surface area contributed by atoms with E-state index >= 15 is 0 Å². The molecular weight excluding hydrogens is 536 g/mol. The lowest BCUT2D eigenvalue weighted by Crippen LogP contribution is -2.24. The Kier molecular flexibility index (Phi) is 8.55. The van der Waals surface area contributed by atoms with Crippen molar-refractivity contribution in [1.82, 2.24) is 9.88 Å².